The molecule has 0 fully saturated rings. The number of fused-ring (bicyclic) bond motifs is 1. The number of sulfone groups is 1. The standard InChI is InChI=1S/C17H18N4O4S2/c1-26(22,23)14-6-7-16-15(10-14)17(21-11-20-16)19-9-8-12-2-4-13(5-3-12)27(18,24)25/h2-7,10-11H,8-9H2,1H3,(H2,18,24,25)(H,19,20,21). The number of hydrogen-bond acceptors (Lipinski definition) is 7. The highest BCUT2D eigenvalue weighted by molar-refractivity contribution is 7.90. The molecule has 8 nitrogen and oxygen atoms in total. The number of nitrogens with zero attached hydrogens (tertiary/aromatic N) is 2. The van der Waals surface area contributed by atoms with Crippen LogP contribution in [0.25, 0.3) is 10.9 Å². The predicted molar refractivity (Wildman–Crippen MR) is 103 cm³/mol. The first-order valence-electron chi connectivity index (χ1n) is 7.95. The minimum Gasteiger partial charge on any atom is -0.369 e. The molecule has 0 atom stereocenters. The molecule has 0 saturated carbocycles. The Balaban J connectivity index is 1.77. The molecule has 1 aromatic heterocycles. The van der Waals surface area contributed by atoms with Gasteiger partial charge in [0.1, 0.15) is 12.1 Å². The van der Waals surface area contributed by atoms with E-state index in [1.807, 2.05) is 0 Å². The fourth-order valence-corrected chi connectivity index (χ4v) is 3.74. The smallest absolute Gasteiger partial charge is 0.238 e. The van der Waals surface area contributed by atoms with Crippen LogP contribution in [0.5, 0.6) is 0 Å². The van der Waals surface area contributed by atoms with Gasteiger partial charge in [0.05, 0.1) is 15.3 Å². The third-order valence-electron chi connectivity index (χ3n) is 3.99. The van der Waals surface area contributed by atoms with Gasteiger partial charge in [-0.2, -0.15) is 0 Å². The predicted octanol–water partition coefficient (Wildman–Crippen LogP) is 1.34. The molecular weight excluding hydrogens is 388 g/mol. The number of primary sulfonamides is 1. The van der Waals surface area contributed by atoms with E-state index in [0.717, 1.165) is 11.8 Å². The Morgan fingerprint density at radius 1 is 0.963 bits per heavy atom. The molecule has 0 unspecified atom stereocenters. The van der Waals surface area contributed by atoms with Crippen molar-refractivity contribution in [2.24, 2.45) is 5.14 Å². The Hall–Kier alpha value is -2.56. The Morgan fingerprint density at radius 2 is 1.63 bits per heavy atom. The van der Waals surface area contributed by atoms with Gasteiger partial charge in [-0.1, -0.05) is 12.1 Å². The average Bonchev–Trinajstić information content (AvgIpc) is 2.60. The van der Waals surface area contributed by atoms with Gasteiger partial charge in [0.15, 0.2) is 9.84 Å². The number of nitrogens with two attached hydrogens (primary N) is 1. The van der Waals surface area contributed by atoms with E-state index >= 15 is 0 Å². The average molecular weight is 406 g/mol. The number of hydrogen-bond donors (Lipinski definition) is 2. The van der Waals surface area contributed by atoms with Crippen molar-refractivity contribution in [3.05, 3.63) is 54.4 Å². The van der Waals surface area contributed by atoms with Gasteiger partial charge in [-0.25, -0.2) is 31.9 Å². The lowest BCUT2D eigenvalue weighted by Crippen LogP contribution is -2.12. The van der Waals surface area contributed by atoms with Gasteiger partial charge in [-0.05, 0) is 42.3 Å². The summed E-state index contributed by atoms with van der Waals surface area (Å²) < 4.78 is 46.1. The molecule has 0 spiro atoms. The maximum Gasteiger partial charge on any atom is 0.238 e. The summed E-state index contributed by atoms with van der Waals surface area (Å²) in [6.07, 6.45) is 3.17. The molecule has 142 valence electrons. The molecule has 0 aliphatic carbocycles. The highest BCUT2D eigenvalue weighted by atomic mass is 32.2. The van der Waals surface area contributed by atoms with Crippen molar-refractivity contribution in [2.75, 3.05) is 18.1 Å². The molecule has 10 heteroatoms. The topological polar surface area (TPSA) is 132 Å². The highest BCUT2D eigenvalue weighted by Gasteiger charge is 2.11. The van der Waals surface area contributed by atoms with Crippen LogP contribution >= 0.6 is 0 Å². The number of aromatic nitrogens is 2. The molecule has 0 aliphatic heterocycles. The van der Waals surface area contributed by atoms with Crippen molar-refractivity contribution in [1.29, 1.82) is 0 Å². The summed E-state index contributed by atoms with van der Waals surface area (Å²) in [5.74, 6) is 0.534. The zero-order valence-corrected chi connectivity index (χ0v) is 16.1. The monoisotopic (exact) mass is 406 g/mol. The number of anilines is 1. The van der Waals surface area contributed by atoms with E-state index in [1.165, 1.54) is 24.5 Å². The Kier molecular flexibility index (Phi) is 5.13. The highest BCUT2D eigenvalue weighted by Crippen LogP contribution is 2.23. The summed E-state index contributed by atoms with van der Waals surface area (Å²) in [6.45, 7) is 0.518. The first kappa shape index (κ1) is 19.2. The van der Waals surface area contributed by atoms with E-state index in [2.05, 4.69) is 15.3 Å². The maximum absolute atomic E-state index is 11.8. The van der Waals surface area contributed by atoms with Gasteiger partial charge in [-0.15, -0.1) is 0 Å². The normalized spacial score (nSPS) is 12.2. The third-order valence-corrected chi connectivity index (χ3v) is 6.03. The minimum atomic E-state index is -3.71. The molecule has 0 aliphatic rings. The number of rotatable bonds is 6. The zero-order chi connectivity index (χ0) is 19.7. The summed E-state index contributed by atoms with van der Waals surface area (Å²) in [6, 6.07) is 11.0. The molecule has 1 heterocycles. The van der Waals surface area contributed by atoms with Crippen molar-refractivity contribution in [3.63, 3.8) is 0 Å². The summed E-state index contributed by atoms with van der Waals surface area (Å²) in [5.41, 5.74) is 1.56. The molecule has 0 amide bonds. The fourth-order valence-electron chi connectivity index (χ4n) is 2.58. The molecule has 27 heavy (non-hydrogen) atoms. The number of benzene rings is 2. The largest absolute Gasteiger partial charge is 0.369 e. The van der Waals surface area contributed by atoms with E-state index in [-0.39, 0.29) is 9.79 Å². The molecule has 3 aromatic rings. The molecule has 3 N–H and O–H groups in total. The molecule has 0 saturated heterocycles. The van der Waals surface area contributed by atoms with Gasteiger partial charge in [0.25, 0.3) is 0 Å². The minimum absolute atomic E-state index is 0.0642. The van der Waals surface area contributed by atoms with Crippen LogP contribution in [0.15, 0.2) is 58.6 Å². The number of nitrogens with one attached hydrogen (secondary N) is 1. The molecule has 0 radical (unpaired) electrons. The van der Waals surface area contributed by atoms with Gasteiger partial charge < -0.3 is 5.32 Å². The van der Waals surface area contributed by atoms with Crippen molar-refractivity contribution >= 4 is 36.6 Å². The zero-order valence-electron chi connectivity index (χ0n) is 14.5. The van der Waals surface area contributed by atoms with Crippen LogP contribution in [-0.2, 0) is 26.3 Å². The van der Waals surface area contributed by atoms with Crippen LogP contribution in [0.1, 0.15) is 5.56 Å². The molecular formula is C17H18N4O4S2. The van der Waals surface area contributed by atoms with Crippen molar-refractivity contribution in [2.45, 2.75) is 16.2 Å². The maximum atomic E-state index is 11.8. The van der Waals surface area contributed by atoms with E-state index in [9.17, 15) is 16.8 Å². The summed E-state index contributed by atoms with van der Waals surface area (Å²) in [4.78, 5) is 8.61. The summed E-state index contributed by atoms with van der Waals surface area (Å²) in [5, 5.41) is 8.87. The van der Waals surface area contributed by atoms with Crippen LogP contribution in [0.3, 0.4) is 0 Å². The SMILES string of the molecule is CS(=O)(=O)c1ccc2ncnc(NCCc3ccc(S(N)(=O)=O)cc3)c2c1. The fraction of sp³-hybridized carbons (Fsp3) is 0.176. The van der Waals surface area contributed by atoms with Gasteiger partial charge >= 0.3 is 0 Å². The Bertz CT molecular complexity index is 1190. The lowest BCUT2D eigenvalue weighted by atomic mass is 10.1. The van der Waals surface area contributed by atoms with Crippen molar-refractivity contribution in [1.82, 2.24) is 9.97 Å². The first-order chi connectivity index (χ1) is 12.6. The Labute approximate surface area is 157 Å². The van der Waals surface area contributed by atoms with E-state index in [1.54, 1.807) is 24.3 Å². The van der Waals surface area contributed by atoms with Gasteiger partial charge in [0, 0.05) is 18.2 Å². The van der Waals surface area contributed by atoms with Crippen LogP contribution < -0.4 is 10.5 Å². The second kappa shape index (κ2) is 7.22. The van der Waals surface area contributed by atoms with E-state index in [0.29, 0.717) is 29.7 Å². The summed E-state index contributed by atoms with van der Waals surface area (Å²) in [7, 11) is -7.04. The van der Waals surface area contributed by atoms with Crippen molar-refractivity contribution < 1.29 is 16.8 Å². The van der Waals surface area contributed by atoms with Crippen molar-refractivity contribution in [3.8, 4) is 0 Å². The van der Waals surface area contributed by atoms with E-state index < -0.39 is 19.9 Å². The molecule has 2 aromatic carbocycles. The van der Waals surface area contributed by atoms with Crippen LogP contribution in [0, 0.1) is 0 Å². The number of sulfonamides is 1. The molecule has 0 bridgehead atoms. The van der Waals surface area contributed by atoms with Gasteiger partial charge in [-0.3, -0.25) is 0 Å². The third kappa shape index (κ3) is 4.59. The van der Waals surface area contributed by atoms with Crippen LogP contribution in [-0.4, -0.2) is 39.6 Å². The van der Waals surface area contributed by atoms with Gasteiger partial charge in [0.2, 0.25) is 10.0 Å². The molecule has 3 rings (SSSR count). The first-order valence-corrected chi connectivity index (χ1v) is 11.4. The summed E-state index contributed by atoms with van der Waals surface area (Å²) >= 11 is 0. The second-order valence-electron chi connectivity index (χ2n) is 6.04. The van der Waals surface area contributed by atoms with E-state index in [4.69, 9.17) is 5.14 Å². The lowest BCUT2D eigenvalue weighted by molar-refractivity contribution is 0.597. The lowest BCUT2D eigenvalue weighted by Gasteiger charge is -2.09. The quantitative estimate of drug-likeness (QED) is 0.631. The van der Waals surface area contributed by atoms with Crippen LogP contribution in [0.4, 0.5) is 5.82 Å². The second-order valence-corrected chi connectivity index (χ2v) is 9.62. The van der Waals surface area contributed by atoms with Crippen LogP contribution in [0.2, 0.25) is 0 Å². The Morgan fingerprint density at radius 3 is 2.26 bits per heavy atom.